The van der Waals surface area contributed by atoms with Crippen LogP contribution in [0, 0.1) is 6.92 Å². The largest absolute Gasteiger partial charge is 0.507 e. The molecule has 1 unspecified atom stereocenters. The standard InChI is InChI=1S/C33H30O7/c1-21-27(34)20-31-26(32(21)36-3)16-17-37-33(40-31,23-12-8-5-9-13-23)39-24-18-29(35-2)25-14-15-28(38-30(25)19-24)22-10-6-4-7-11-22/h4-13,16-20,28,34H,14-15H2,1-3H3/t28-,33?/m0/s1. The second-order valence-electron chi connectivity index (χ2n) is 9.67. The Morgan fingerprint density at radius 2 is 1.65 bits per heavy atom. The van der Waals surface area contributed by atoms with Crippen LogP contribution in [0.25, 0.3) is 6.08 Å². The minimum atomic E-state index is -1.73. The van der Waals surface area contributed by atoms with Gasteiger partial charge in [-0.15, -0.1) is 0 Å². The van der Waals surface area contributed by atoms with Crippen LogP contribution in [0.4, 0.5) is 0 Å². The van der Waals surface area contributed by atoms with E-state index < -0.39 is 5.97 Å². The average molecular weight is 539 g/mol. The molecule has 1 N–H and O–H groups in total. The van der Waals surface area contributed by atoms with E-state index in [1.54, 1.807) is 27.2 Å². The molecule has 0 saturated carbocycles. The van der Waals surface area contributed by atoms with E-state index in [1.807, 2.05) is 60.7 Å². The maximum Gasteiger partial charge on any atom is 0.446 e. The monoisotopic (exact) mass is 538 g/mol. The molecule has 0 aliphatic carbocycles. The molecule has 204 valence electrons. The van der Waals surface area contributed by atoms with Crippen molar-refractivity contribution < 1.29 is 33.5 Å². The summed E-state index contributed by atoms with van der Waals surface area (Å²) in [5.74, 6) is 0.871. The molecule has 0 spiro atoms. The Hall–Kier alpha value is -4.78. The van der Waals surface area contributed by atoms with E-state index in [0.29, 0.717) is 45.4 Å². The number of benzene rings is 4. The summed E-state index contributed by atoms with van der Waals surface area (Å²) in [6, 6.07) is 24.7. The zero-order valence-corrected chi connectivity index (χ0v) is 22.5. The van der Waals surface area contributed by atoms with Gasteiger partial charge in [0.2, 0.25) is 0 Å². The quantitative estimate of drug-likeness (QED) is 0.282. The molecule has 2 atom stereocenters. The molecular formula is C33H30O7. The third-order valence-electron chi connectivity index (χ3n) is 7.25. The molecule has 2 aliphatic heterocycles. The van der Waals surface area contributed by atoms with Crippen LogP contribution in [0.5, 0.6) is 34.5 Å². The smallest absolute Gasteiger partial charge is 0.446 e. The third-order valence-corrected chi connectivity index (χ3v) is 7.25. The molecule has 7 nitrogen and oxygen atoms in total. The lowest BCUT2D eigenvalue weighted by atomic mass is 9.96. The van der Waals surface area contributed by atoms with Gasteiger partial charge in [0.25, 0.3) is 0 Å². The maximum absolute atomic E-state index is 10.6. The van der Waals surface area contributed by atoms with E-state index in [9.17, 15) is 5.11 Å². The Labute approximate surface area is 233 Å². The van der Waals surface area contributed by atoms with Gasteiger partial charge >= 0.3 is 5.97 Å². The molecule has 6 rings (SSSR count). The summed E-state index contributed by atoms with van der Waals surface area (Å²) in [5.41, 5.74) is 3.91. The zero-order chi connectivity index (χ0) is 27.7. The van der Waals surface area contributed by atoms with Gasteiger partial charge in [-0.25, -0.2) is 0 Å². The number of phenolic OH excluding ortho intramolecular Hbond substituents is 1. The molecule has 40 heavy (non-hydrogen) atoms. The lowest BCUT2D eigenvalue weighted by Gasteiger charge is -2.33. The minimum Gasteiger partial charge on any atom is -0.507 e. The number of phenols is 1. The molecule has 2 heterocycles. The van der Waals surface area contributed by atoms with Crippen LogP contribution in [0.3, 0.4) is 0 Å². The molecule has 0 amide bonds. The van der Waals surface area contributed by atoms with Crippen LogP contribution in [0.2, 0.25) is 0 Å². The van der Waals surface area contributed by atoms with Crippen LogP contribution in [-0.2, 0) is 17.1 Å². The highest BCUT2D eigenvalue weighted by Gasteiger charge is 2.43. The summed E-state index contributed by atoms with van der Waals surface area (Å²) in [7, 11) is 3.18. The number of ether oxygens (including phenoxy) is 6. The summed E-state index contributed by atoms with van der Waals surface area (Å²) in [6.07, 6.45) is 4.78. The van der Waals surface area contributed by atoms with E-state index in [-0.39, 0.29) is 11.9 Å². The number of aromatic hydroxyl groups is 1. The Kier molecular flexibility index (Phi) is 6.64. The van der Waals surface area contributed by atoms with Crippen LogP contribution in [0.15, 0.2) is 85.1 Å². The lowest BCUT2D eigenvalue weighted by molar-refractivity contribution is -0.285. The van der Waals surface area contributed by atoms with Crippen molar-refractivity contribution in [2.24, 2.45) is 0 Å². The van der Waals surface area contributed by atoms with Crippen LogP contribution >= 0.6 is 0 Å². The van der Waals surface area contributed by atoms with E-state index in [1.165, 1.54) is 12.3 Å². The fourth-order valence-corrected chi connectivity index (χ4v) is 5.21. The Morgan fingerprint density at radius 1 is 0.900 bits per heavy atom. The molecule has 0 bridgehead atoms. The predicted octanol–water partition coefficient (Wildman–Crippen LogP) is 7.05. The Morgan fingerprint density at radius 3 is 2.38 bits per heavy atom. The van der Waals surface area contributed by atoms with Gasteiger partial charge in [0.05, 0.1) is 31.6 Å². The maximum atomic E-state index is 10.6. The van der Waals surface area contributed by atoms with Gasteiger partial charge < -0.3 is 33.5 Å². The first-order valence-corrected chi connectivity index (χ1v) is 13.1. The van der Waals surface area contributed by atoms with Gasteiger partial charge in [-0.2, -0.15) is 0 Å². The van der Waals surface area contributed by atoms with Crippen LogP contribution in [-0.4, -0.2) is 19.3 Å². The van der Waals surface area contributed by atoms with Crippen molar-refractivity contribution in [2.75, 3.05) is 14.2 Å². The predicted molar refractivity (Wildman–Crippen MR) is 150 cm³/mol. The Balaban J connectivity index is 1.43. The van der Waals surface area contributed by atoms with Gasteiger partial charge in [0.1, 0.15) is 40.6 Å². The van der Waals surface area contributed by atoms with E-state index in [4.69, 9.17) is 28.4 Å². The molecule has 0 radical (unpaired) electrons. The number of hydrogen-bond acceptors (Lipinski definition) is 7. The van der Waals surface area contributed by atoms with Gasteiger partial charge in [-0.05, 0) is 43.5 Å². The van der Waals surface area contributed by atoms with Crippen molar-refractivity contribution in [1.82, 2.24) is 0 Å². The zero-order valence-electron chi connectivity index (χ0n) is 22.5. The molecule has 2 aliphatic rings. The molecular weight excluding hydrogens is 508 g/mol. The van der Waals surface area contributed by atoms with Crippen molar-refractivity contribution in [2.45, 2.75) is 31.8 Å². The normalized spacial score (nSPS) is 19.1. The SMILES string of the molecule is COc1cc(OC2(c3ccccc3)OC=Cc3c(cc(O)c(C)c3OC)O2)cc2c1CC[C@@H](c1ccccc1)O2. The second kappa shape index (κ2) is 10.4. The molecule has 7 heteroatoms. The van der Waals surface area contributed by atoms with Gasteiger partial charge in [-0.3, -0.25) is 0 Å². The summed E-state index contributed by atoms with van der Waals surface area (Å²) < 4.78 is 37.1. The topological polar surface area (TPSA) is 75.6 Å². The number of methoxy groups -OCH3 is 2. The molecule has 0 fully saturated rings. The highest BCUT2D eigenvalue weighted by atomic mass is 16.9. The van der Waals surface area contributed by atoms with E-state index >= 15 is 0 Å². The number of fused-ring (bicyclic) bond motifs is 2. The van der Waals surface area contributed by atoms with Gasteiger partial charge in [0.15, 0.2) is 0 Å². The van der Waals surface area contributed by atoms with Gasteiger partial charge in [0, 0.05) is 29.3 Å². The second-order valence-corrected chi connectivity index (χ2v) is 9.67. The van der Waals surface area contributed by atoms with Crippen molar-refractivity contribution >= 4 is 6.08 Å². The first kappa shape index (κ1) is 25.5. The highest BCUT2D eigenvalue weighted by molar-refractivity contribution is 5.69. The van der Waals surface area contributed by atoms with E-state index in [0.717, 1.165) is 24.0 Å². The van der Waals surface area contributed by atoms with Crippen molar-refractivity contribution in [1.29, 1.82) is 0 Å². The summed E-state index contributed by atoms with van der Waals surface area (Å²) in [5, 5.41) is 10.6. The van der Waals surface area contributed by atoms with Crippen LogP contribution in [0.1, 0.15) is 40.3 Å². The fourth-order valence-electron chi connectivity index (χ4n) is 5.21. The van der Waals surface area contributed by atoms with Crippen molar-refractivity contribution in [3.05, 3.63) is 113 Å². The summed E-state index contributed by atoms with van der Waals surface area (Å²) >= 11 is 0. The fraction of sp³-hybridized carbons (Fsp3) is 0.212. The van der Waals surface area contributed by atoms with Crippen molar-refractivity contribution in [3.63, 3.8) is 0 Å². The number of hydrogen-bond donors (Lipinski definition) is 1. The molecule has 4 aromatic carbocycles. The molecule has 0 aromatic heterocycles. The highest BCUT2D eigenvalue weighted by Crippen LogP contribution is 2.47. The first-order chi connectivity index (χ1) is 19.5. The third kappa shape index (κ3) is 4.53. The van der Waals surface area contributed by atoms with Gasteiger partial charge in [-0.1, -0.05) is 48.5 Å². The summed E-state index contributed by atoms with van der Waals surface area (Å²) in [6.45, 7) is 1.77. The summed E-state index contributed by atoms with van der Waals surface area (Å²) in [4.78, 5) is 0. The first-order valence-electron chi connectivity index (χ1n) is 13.1. The minimum absolute atomic E-state index is 0.0312. The van der Waals surface area contributed by atoms with Crippen LogP contribution < -0.4 is 23.7 Å². The average Bonchev–Trinajstić information content (AvgIpc) is 3.17. The van der Waals surface area contributed by atoms with E-state index in [2.05, 4.69) is 12.1 Å². The number of rotatable bonds is 6. The lowest BCUT2D eigenvalue weighted by Crippen LogP contribution is -2.41. The Bertz CT molecular complexity index is 1550. The van der Waals surface area contributed by atoms with Crippen molar-refractivity contribution in [3.8, 4) is 34.5 Å². The molecule has 0 saturated heterocycles. The molecule has 4 aromatic rings.